The van der Waals surface area contributed by atoms with Crippen LogP contribution in [0.5, 0.6) is 0 Å². The molecule has 0 aliphatic carbocycles. The van der Waals surface area contributed by atoms with Crippen LogP contribution in [0.15, 0.2) is 0 Å². The molecule has 0 heterocycles. The summed E-state index contributed by atoms with van der Waals surface area (Å²) in [5.74, 6) is 0. The summed E-state index contributed by atoms with van der Waals surface area (Å²) >= 11 is 0. The lowest BCUT2D eigenvalue weighted by molar-refractivity contribution is -0.0606. The van der Waals surface area contributed by atoms with Crippen molar-refractivity contribution in [2.75, 3.05) is 19.6 Å². The molecule has 152 valence electrons. The van der Waals surface area contributed by atoms with Gasteiger partial charge < -0.3 is 10.2 Å². The number of hydrogen-bond acceptors (Lipinski definition) is 3. The Bertz CT molecular complexity index is 246. The highest BCUT2D eigenvalue weighted by Crippen LogP contribution is 2.13. The molecule has 0 fully saturated rings. The molecule has 0 spiro atoms. The lowest BCUT2D eigenvalue weighted by atomic mass is 10.0. The number of unbranched alkanes of at least 4 members (excludes halogenated alkanes) is 15. The Labute approximate surface area is 158 Å². The van der Waals surface area contributed by atoms with E-state index in [0.29, 0.717) is 6.54 Å². The molecule has 0 aliphatic rings. The van der Waals surface area contributed by atoms with Crippen molar-refractivity contribution in [1.82, 2.24) is 4.90 Å². The monoisotopic (exact) mass is 357 g/mol. The maximum Gasteiger partial charge on any atom is 0.164 e. The predicted octanol–water partition coefficient (Wildman–Crippen LogP) is 5.88. The first-order valence-corrected chi connectivity index (χ1v) is 11.3. The van der Waals surface area contributed by atoms with E-state index < -0.39 is 6.29 Å². The van der Waals surface area contributed by atoms with Crippen molar-refractivity contribution in [3.05, 3.63) is 0 Å². The van der Waals surface area contributed by atoms with E-state index in [1.165, 1.54) is 103 Å². The van der Waals surface area contributed by atoms with Gasteiger partial charge in [-0.3, -0.25) is 4.90 Å². The zero-order valence-electron chi connectivity index (χ0n) is 17.4. The van der Waals surface area contributed by atoms with Crippen LogP contribution in [-0.4, -0.2) is 41.0 Å². The van der Waals surface area contributed by atoms with Crippen molar-refractivity contribution in [2.24, 2.45) is 0 Å². The summed E-state index contributed by atoms with van der Waals surface area (Å²) in [5.41, 5.74) is 0. The topological polar surface area (TPSA) is 43.7 Å². The zero-order chi connectivity index (χ0) is 18.6. The molecule has 0 aromatic rings. The Balaban J connectivity index is 3.14. The Hall–Kier alpha value is -0.120. The van der Waals surface area contributed by atoms with Gasteiger partial charge in [0.2, 0.25) is 0 Å². The molecular formula is C22H47NO2. The number of aliphatic hydroxyl groups excluding tert-OH is 1. The number of hydrogen-bond donors (Lipinski definition) is 2. The first kappa shape index (κ1) is 24.9. The third-order valence-electron chi connectivity index (χ3n) is 5.20. The zero-order valence-corrected chi connectivity index (χ0v) is 17.4. The number of nitrogens with zero attached hydrogens (tertiary/aromatic N) is 1. The smallest absolute Gasteiger partial charge is 0.164 e. The minimum absolute atomic E-state index is 0.384. The summed E-state index contributed by atoms with van der Waals surface area (Å²) in [7, 11) is 0. The van der Waals surface area contributed by atoms with Gasteiger partial charge in [-0.2, -0.15) is 0 Å². The van der Waals surface area contributed by atoms with Gasteiger partial charge in [0, 0.05) is 6.54 Å². The van der Waals surface area contributed by atoms with Gasteiger partial charge in [-0.1, -0.05) is 110 Å². The summed E-state index contributed by atoms with van der Waals surface area (Å²) in [6.45, 7) is 6.64. The third-order valence-corrected chi connectivity index (χ3v) is 5.20. The molecule has 0 amide bonds. The largest absolute Gasteiger partial charge is 0.367 e. The standard InChI is InChI=1S/C22H47NO2/c1-3-5-6-7-8-9-10-11-12-13-14-15-16-17-18-19-20-23(4-2)21-22(24)25/h22,24-25H,3-21H2,1-2H3. The van der Waals surface area contributed by atoms with Crippen LogP contribution in [-0.2, 0) is 0 Å². The van der Waals surface area contributed by atoms with Crippen LogP contribution in [0.3, 0.4) is 0 Å². The Morgan fingerprint density at radius 3 is 1.24 bits per heavy atom. The minimum Gasteiger partial charge on any atom is -0.367 e. The van der Waals surface area contributed by atoms with E-state index in [1.54, 1.807) is 0 Å². The quantitative estimate of drug-likeness (QED) is 0.211. The molecule has 0 bridgehead atoms. The highest BCUT2D eigenvalue weighted by Gasteiger charge is 2.06. The predicted molar refractivity (Wildman–Crippen MR) is 110 cm³/mol. The molecule has 0 aromatic heterocycles. The summed E-state index contributed by atoms with van der Waals surface area (Å²) < 4.78 is 0. The van der Waals surface area contributed by atoms with Gasteiger partial charge in [0.25, 0.3) is 0 Å². The van der Waals surface area contributed by atoms with E-state index in [1.807, 2.05) is 0 Å². The lowest BCUT2D eigenvalue weighted by Crippen LogP contribution is -2.32. The number of likely N-dealkylation sites (N-methyl/N-ethyl adjacent to an activating group) is 1. The van der Waals surface area contributed by atoms with Gasteiger partial charge in [0.05, 0.1) is 0 Å². The fraction of sp³-hybridized carbons (Fsp3) is 1.00. The second-order valence-electron chi connectivity index (χ2n) is 7.68. The first-order chi connectivity index (χ1) is 12.2. The summed E-state index contributed by atoms with van der Waals surface area (Å²) in [5, 5.41) is 18.0. The Kier molecular flexibility index (Phi) is 20.1. The van der Waals surface area contributed by atoms with Gasteiger partial charge in [0.1, 0.15) is 0 Å². The molecule has 0 saturated carbocycles. The van der Waals surface area contributed by atoms with Crippen LogP contribution in [0, 0.1) is 0 Å². The van der Waals surface area contributed by atoms with E-state index in [9.17, 15) is 0 Å². The van der Waals surface area contributed by atoms with Crippen LogP contribution in [0.2, 0.25) is 0 Å². The van der Waals surface area contributed by atoms with Gasteiger partial charge >= 0.3 is 0 Å². The fourth-order valence-corrected chi connectivity index (χ4v) is 3.49. The molecular weight excluding hydrogens is 310 g/mol. The second-order valence-corrected chi connectivity index (χ2v) is 7.68. The van der Waals surface area contributed by atoms with Gasteiger partial charge in [-0.25, -0.2) is 0 Å². The Morgan fingerprint density at radius 2 is 0.920 bits per heavy atom. The van der Waals surface area contributed by atoms with Crippen molar-refractivity contribution in [3.63, 3.8) is 0 Å². The molecule has 0 radical (unpaired) electrons. The lowest BCUT2D eigenvalue weighted by Gasteiger charge is -2.20. The third kappa shape index (κ3) is 20.0. The normalized spacial score (nSPS) is 11.8. The van der Waals surface area contributed by atoms with E-state index >= 15 is 0 Å². The highest BCUT2D eigenvalue weighted by molar-refractivity contribution is 4.57. The summed E-state index contributed by atoms with van der Waals surface area (Å²) in [6, 6.07) is 0. The van der Waals surface area contributed by atoms with Crippen LogP contribution >= 0.6 is 0 Å². The number of aliphatic hydroxyl groups is 2. The molecule has 0 unspecified atom stereocenters. The highest BCUT2D eigenvalue weighted by atomic mass is 16.5. The average Bonchev–Trinajstić information content (AvgIpc) is 2.60. The van der Waals surface area contributed by atoms with Crippen molar-refractivity contribution in [2.45, 2.75) is 123 Å². The molecule has 2 N–H and O–H groups in total. The van der Waals surface area contributed by atoms with Gasteiger partial charge in [0.15, 0.2) is 6.29 Å². The second kappa shape index (κ2) is 20.2. The fourth-order valence-electron chi connectivity index (χ4n) is 3.49. The van der Waals surface area contributed by atoms with E-state index in [2.05, 4.69) is 18.7 Å². The Morgan fingerprint density at radius 1 is 0.560 bits per heavy atom. The van der Waals surface area contributed by atoms with Gasteiger partial charge in [-0.05, 0) is 19.5 Å². The first-order valence-electron chi connectivity index (χ1n) is 11.3. The molecule has 0 atom stereocenters. The summed E-state index contributed by atoms with van der Waals surface area (Å²) in [6.07, 6.45) is 21.1. The van der Waals surface area contributed by atoms with Crippen molar-refractivity contribution >= 4 is 0 Å². The molecule has 0 rings (SSSR count). The molecule has 0 saturated heterocycles. The van der Waals surface area contributed by atoms with E-state index in [-0.39, 0.29) is 0 Å². The average molecular weight is 358 g/mol. The maximum atomic E-state index is 9.00. The summed E-state index contributed by atoms with van der Waals surface area (Å²) in [4.78, 5) is 2.12. The molecule has 3 heteroatoms. The SMILES string of the molecule is CCCCCCCCCCCCCCCCCCN(CC)CC(O)O. The van der Waals surface area contributed by atoms with Crippen molar-refractivity contribution in [3.8, 4) is 0 Å². The molecule has 0 aromatic carbocycles. The van der Waals surface area contributed by atoms with Crippen LogP contribution in [0.25, 0.3) is 0 Å². The van der Waals surface area contributed by atoms with E-state index in [4.69, 9.17) is 10.2 Å². The van der Waals surface area contributed by atoms with Crippen molar-refractivity contribution < 1.29 is 10.2 Å². The molecule has 0 aliphatic heterocycles. The van der Waals surface area contributed by atoms with Crippen LogP contribution in [0.1, 0.15) is 117 Å². The van der Waals surface area contributed by atoms with E-state index in [0.717, 1.165) is 13.1 Å². The maximum absolute atomic E-state index is 9.00. The number of rotatable bonds is 20. The van der Waals surface area contributed by atoms with Crippen LogP contribution in [0.4, 0.5) is 0 Å². The minimum atomic E-state index is -1.19. The molecule has 25 heavy (non-hydrogen) atoms. The van der Waals surface area contributed by atoms with Gasteiger partial charge in [-0.15, -0.1) is 0 Å². The van der Waals surface area contributed by atoms with Crippen molar-refractivity contribution in [1.29, 1.82) is 0 Å². The van der Waals surface area contributed by atoms with Crippen LogP contribution < -0.4 is 0 Å². The molecule has 3 nitrogen and oxygen atoms in total.